The van der Waals surface area contributed by atoms with Crippen molar-refractivity contribution in [1.82, 2.24) is 0 Å². The second kappa shape index (κ2) is 4.05. The molecule has 0 radical (unpaired) electrons. The maximum Gasteiger partial charge on any atom is 0.178 e. The van der Waals surface area contributed by atoms with E-state index in [9.17, 15) is 9.59 Å². The lowest BCUT2D eigenvalue weighted by molar-refractivity contribution is -0.132. The maximum atomic E-state index is 12.6. The first-order valence-corrected chi connectivity index (χ1v) is 8.77. The number of epoxide rings is 1. The molecular weight excluding hydrogens is 288 g/mol. The van der Waals surface area contributed by atoms with Crippen LogP contribution in [0.25, 0.3) is 0 Å². The number of hydrogen-bond acceptors (Lipinski definition) is 3. The van der Waals surface area contributed by atoms with Gasteiger partial charge in [-0.1, -0.05) is 19.9 Å². The molecule has 4 fully saturated rings. The van der Waals surface area contributed by atoms with Gasteiger partial charge in [0.2, 0.25) is 0 Å². The topological polar surface area (TPSA) is 46.7 Å². The van der Waals surface area contributed by atoms with Gasteiger partial charge in [-0.2, -0.15) is 0 Å². The molecular formula is C20H24O3. The van der Waals surface area contributed by atoms with E-state index in [0.29, 0.717) is 30.8 Å². The molecule has 1 saturated heterocycles. The number of ketones is 2. The molecule has 3 nitrogen and oxygen atoms in total. The molecule has 3 saturated carbocycles. The van der Waals surface area contributed by atoms with E-state index in [0.717, 1.165) is 19.3 Å². The second-order valence-corrected chi connectivity index (χ2v) is 8.44. The molecule has 0 aromatic carbocycles. The van der Waals surface area contributed by atoms with Gasteiger partial charge in [0.1, 0.15) is 11.4 Å². The maximum absolute atomic E-state index is 12.6. The van der Waals surface area contributed by atoms with E-state index >= 15 is 0 Å². The van der Waals surface area contributed by atoms with Crippen molar-refractivity contribution in [3.63, 3.8) is 0 Å². The van der Waals surface area contributed by atoms with Gasteiger partial charge in [-0.15, -0.1) is 0 Å². The predicted octanol–water partition coefficient (Wildman–Crippen LogP) is 3.24. The molecule has 6 atom stereocenters. The van der Waals surface area contributed by atoms with E-state index < -0.39 is 17.9 Å². The van der Waals surface area contributed by atoms with E-state index in [1.54, 1.807) is 6.08 Å². The zero-order valence-corrected chi connectivity index (χ0v) is 13.4. The summed E-state index contributed by atoms with van der Waals surface area (Å²) in [6, 6.07) is 0. The first kappa shape index (κ1) is 11.4. The van der Waals surface area contributed by atoms with Crippen LogP contribution in [0, 0.1) is 28.6 Å². The summed E-state index contributed by atoms with van der Waals surface area (Å²) in [4.78, 5) is 24.7. The number of ether oxygens (including phenoxy) is 1. The van der Waals surface area contributed by atoms with Crippen molar-refractivity contribution in [2.24, 2.45) is 28.6 Å². The fourth-order valence-electron chi connectivity index (χ4n) is 6.20. The van der Waals surface area contributed by atoms with Crippen LogP contribution in [0.1, 0.15) is 50.0 Å². The summed E-state index contributed by atoms with van der Waals surface area (Å²) < 4.78 is 31.1. The van der Waals surface area contributed by atoms with Crippen molar-refractivity contribution in [1.29, 1.82) is 0 Å². The van der Waals surface area contributed by atoms with Crippen molar-refractivity contribution in [3.8, 4) is 0 Å². The normalized spacial score (nSPS) is 56.1. The van der Waals surface area contributed by atoms with Crippen LogP contribution >= 0.6 is 0 Å². The summed E-state index contributed by atoms with van der Waals surface area (Å²) in [5.74, 6) is 0.499. The monoisotopic (exact) mass is 315 g/mol. The van der Waals surface area contributed by atoms with E-state index in [4.69, 9.17) is 8.85 Å². The van der Waals surface area contributed by atoms with Crippen LogP contribution in [0.15, 0.2) is 23.8 Å². The van der Waals surface area contributed by atoms with Crippen LogP contribution in [0.3, 0.4) is 0 Å². The third-order valence-corrected chi connectivity index (χ3v) is 7.52. The zero-order chi connectivity index (χ0) is 18.5. The number of rotatable bonds is 0. The standard InChI is InChI=1S/C20H24O3/c1-18-7-5-12(21)9-16(18)20(11-23-20)10-13-14-3-4-17(22)19(14,2)8-6-15(13)18/h5,7,9,13-15H,3-4,6,8,10-11H2,1-2H3/t13-,14-,15-,18+,19-,20-/m0/s1/i1D3. The Balaban J connectivity index is 1.69. The Morgan fingerprint density at radius 3 is 2.87 bits per heavy atom. The smallest absolute Gasteiger partial charge is 0.178 e. The van der Waals surface area contributed by atoms with Gasteiger partial charge >= 0.3 is 0 Å². The molecule has 0 N–H and O–H groups in total. The molecule has 0 bridgehead atoms. The molecule has 0 aromatic rings. The molecule has 1 heterocycles. The number of carbonyl (C=O) groups excluding carboxylic acids is 2. The summed E-state index contributed by atoms with van der Waals surface area (Å²) in [7, 11) is 0. The number of hydrogen-bond donors (Lipinski definition) is 0. The summed E-state index contributed by atoms with van der Waals surface area (Å²) in [6.07, 6.45) is 8.30. The SMILES string of the molecule is [2H]C([2H])([2H])[C@]12C=CC(=O)C=C1[C@@]1(CO1)C[C@H]1[C@@H]3CCC(=O)[C@@]3(C)CC[C@@H]12. The summed E-state index contributed by atoms with van der Waals surface area (Å²) >= 11 is 0. The van der Waals surface area contributed by atoms with Crippen molar-refractivity contribution in [2.45, 2.75) is 51.5 Å². The minimum atomic E-state index is -2.24. The highest BCUT2D eigenvalue weighted by Crippen LogP contribution is 2.68. The Morgan fingerprint density at radius 2 is 2.13 bits per heavy atom. The largest absolute Gasteiger partial charge is 0.365 e. The van der Waals surface area contributed by atoms with Crippen LogP contribution in [-0.4, -0.2) is 23.8 Å². The van der Waals surface area contributed by atoms with Gasteiger partial charge in [0.25, 0.3) is 0 Å². The fraction of sp³-hybridized carbons (Fsp3) is 0.700. The summed E-state index contributed by atoms with van der Waals surface area (Å²) in [6.45, 7) is 0.324. The first-order valence-electron chi connectivity index (χ1n) is 10.3. The Hall–Kier alpha value is -1.22. The van der Waals surface area contributed by atoms with Crippen LogP contribution in [0.4, 0.5) is 0 Å². The number of fused-ring (bicyclic) bond motifs is 6. The van der Waals surface area contributed by atoms with Gasteiger partial charge in [0, 0.05) is 21.4 Å². The van der Waals surface area contributed by atoms with Crippen molar-refractivity contribution >= 4 is 11.6 Å². The Labute approximate surface area is 141 Å². The highest BCUT2D eigenvalue weighted by Gasteiger charge is 2.67. The Morgan fingerprint density at radius 1 is 1.30 bits per heavy atom. The molecule has 23 heavy (non-hydrogen) atoms. The van der Waals surface area contributed by atoms with Crippen molar-refractivity contribution in [3.05, 3.63) is 23.8 Å². The molecule has 5 rings (SSSR count). The molecule has 122 valence electrons. The van der Waals surface area contributed by atoms with Gasteiger partial charge in [-0.3, -0.25) is 9.59 Å². The number of Topliss-reactive ketones (excluding diaryl/α,β-unsaturated/α-hetero) is 1. The third-order valence-electron chi connectivity index (χ3n) is 7.52. The third kappa shape index (κ3) is 1.60. The zero-order valence-electron chi connectivity index (χ0n) is 16.4. The molecule has 1 aliphatic heterocycles. The van der Waals surface area contributed by atoms with Crippen molar-refractivity contribution < 1.29 is 18.4 Å². The number of allylic oxidation sites excluding steroid dienone is 3. The van der Waals surface area contributed by atoms with Gasteiger partial charge < -0.3 is 4.74 Å². The Kier molecular flexibility index (Phi) is 2.00. The molecule has 0 unspecified atom stereocenters. The van der Waals surface area contributed by atoms with Gasteiger partial charge in [-0.25, -0.2) is 0 Å². The van der Waals surface area contributed by atoms with E-state index in [-0.39, 0.29) is 29.0 Å². The second-order valence-electron chi connectivity index (χ2n) is 8.44. The Bertz CT molecular complexity index is 776. The lowest BCUT2D eigenvalue weighted by Gasteiger charge is -2.57. The number of carbonyl (C=O) groups is 2. The summed E-state index contributed by atoms with van der Waals surface area (Å²) in [5.41, 5.74) is -1.39. The van der Waals surface area contributed by atoms with Crippen LogP contribution in [-0.2, 0) is 14.3 Å². The van der Waals surface area contributed by atoms with Crippen LogP contribution < -0.4 is 0 Å². The van der Waals surface area contributed by atoms with Crippen LogP contribution in [0.2, 0.25) is 0 Å². The van der Waals surface area contributed by atoms with Gasteiger partial charge in [-0.05, 0) is 61.2 Å². The van der Waals surface area contributed by atoms with Gasteiger partial charge in [0.15, 0.2) is 5.78 Å². The van der Waals surface area contributed by atoms with E-state index in [2.05, 4.69) is 6.92 Å². The molecule has 4 aliphatic carbocycles. The minimum absolute atomic E-state index is 0.0654. The summed E-state index contributed by atoms with van der Waals surface area (Å²) in [5, 5.41) is 0. The first-order chi connectivity index (χ1) is 12.1. The van der Waals surface area contributed by atoms with Gasteiger partial charge in [0.05, 0.1) is 6.61 Å². The predicted molar refractivity (Wildman–Crippen MR) is 85.7 cm³/mol. The highest BCUT2D eigenvalue weighted by atomic mass is 16.6. The van der Waals surface area contributed by atoms with E-state index in [1.807, 2.05) is 0 Å². The molecule has 3 heteroatoms. The van der Waals surface area contributed by atoms with Crippen LogP contribution in [0.5, 0.6) is 0 Å². The molecule has 1 spiro atoms. The molecule has 0 aromatic heterocycles. The average molecular weight is 315 g/mol. The average Bonchev–Trinajstić information content (AvgIpc) is 3.26. The minimum Gasteiger partial charge on any atom is -0.365 e. The molecule has 0 amide bonds. The quantitative estimate of drug-likeness (QED) is 0.645. The fourth-order valence-corrected chi connectivity index (χ4v) is 6.20. The lowest BCUT2D eigenvalue weighted by Crippen LogP contribution is -2.54. The highest BCUT2D eigenvalue weighted by molar-refractivity contribution is 6.01. The van der Waals surface area contributed by atoms with Crippen molar-refractivity contribution in [2.75, 3.05) is 6.61 Å². The molecule has 5 aliphatic rings. The lowest BCUT2D eigenvalue weighted by atomic mass is 9.46. The van der Waals surface area contributed by atoms with E-state index in [1.165, 1.54) is 12.2 Å².